The third-order valence-corrected chi connectivity index (χ3v) is 5.58. The molecule has 5 heteroatoms. The number of H-pyrrole nitrogens is 1. The molecule has 0 bridgehead atoms. The van der Waals surface area contributed by atoms with Gasteiger partial charge in [-0.25, -0.2) is 0 Å². The van der Waals surface area contributed by atoms with Gasteiger partial charge in [-0.3, -0.25) is 9.59 Å². The molecule has 1 atom stereocenters. The topological polar surface area (TPSA) is 68.4 Å². The minimum atomic E-state index is -0.980. The van der Waals surface area contributed by atoms with Crippen LogP contribution in [0.15, 0.2) is 36.4 Å². The number of nitrogens with one attached hydrogen (secondary N) is 1. The van der Waals surface area contributed by atoms with Crippen molar-refractivity contribution in [3.05, 3.63) is 47.7 Å². The predicted molar refractivity (Wildman–Crippen MR) is 125 cm³/mol. The fourth-order valence-corrected chi connectivity index (χ4v) is 4.17. The molecule has 0 aliphatic heterocycles. The zero-order valence-electron chi connectivity index (χ0n) is 19.4. The number of para-hydroxylation sites is 1. The smallest absolute Gasteiger partial charge is 0.320 e. The number of hydrogen-bond donors (Lipinski definition) is 1. The highest BCUT2D eigenvalue weighted by atomic mass is 16.6. The Balaban J connectivity index is 2.38. The van der Waals surface area contributed by atoms with Crippen LogP contribution < -0.4 is 0 Å². The third kappa shape index (κ3) is 6.71. The third-order valence-electron chi connectivity index (χ3n) is 5.58. The maximum Gasteiger partial charge on any atom is 0.320 e. The van der Waals surface area contributed by atoms with Crippen LogP contribution in [0.3, 0.4) is 0 Å². The van der Waals surface area contributed by atoms with E-state index in [4.69, 9.17) is 9.47 Å². The van der Waals surface area contributed by atoms with Gasteiger partial charge in [-0.05, 0) is 58.1 Å². The number of carbonyl (C=O) groups is 2. The van der Waals surface area contributed by atoms with Crippen molar-refractivity contribution < 1.29 is 19.1 Å². The highest BCUT2D eigenvalue weighted by Crippen LogP contribution is 2.38. The largest absolute Gasteiger partial charge is 0.465 e. The molecule has 1 aromatic heterocycles. The molecule has 170 valence electrons. The summed E-state index contributed by atoms with van der Waals surface area (Å²) in [6.07, 6.45) is 10.5. The summed E-state index contributed by atoms with van der Waals surface area (Å²) < 4.78 is 10.6. The monoisotopic (exact) mass is 427 g/mol. The van der Waals surface area contributed by atoms with Crippen molar-refractivity contribution in [2.75, 3.05) is 13.2 Å². The molecule has 1 aromatic carbocycles. The van der Waals surface area contributed by atoms with Crippen molar-refractivity contribution >= 4 is 22.8 Å². The maximum atomic E-state index is 12.9. The number of esters is 2. The van der Waals surface area contributed by atoms with E-state index in [1.807, 2.05) is 31.2 Å². The lowest BCUT2D eigenvalue weighted by atomic mass is 9.81. The summed E-state index contributed by atoms with van der Waals surface area (Å²) in [6, 6.07) is 8.01. The fraction of sp³-hybridized carbons (Fsp3) is 0.538. The van der Waals surface area contributed by atoms with Crippen LogP contribution >= 0.6 is 0 Å². The quantitative estimate of drug-likeness (QED) is 0.178. The van der Waals surface area contributed by atoms with Crippen LogP contribution in [0.4, 0.5) is 0 Å². The van der Waals surface area contributed by atoms with Crippen LogP contribution in [0.5, 0.6) is 0 Å². The SMILES string of the molecule is CCCCC/C=C\CCC(c1c(C)[nH]c2ccccc12)C(C(=O)OCC)C(=O)OCC. The Morgan fingerprint density at radius 1 is 0.968 bits per heavy atom. The van der Waals surface area contributed by atoms with E-state index < -0.39 is 17.9 Å². The van der Waals surface area contributed by atoms with Crippen molar-refractivity contribution in [2.45, 2.75) is 72.1 Å². The highest BCUT2D eigenvalue weighted by molar-refractivity contribution is 5.97. The van der Waals surface area contributed by atoms with E-state index in [9.17, 15) is 9.59 Å². The van der Waals surface area contributed by atoms with Crippen LogP contribution in [0.25, 0.3) is 10.9 Å². The fourth-order valence-electron chi connectivity index (χ4n) is 4.17. The number of unbranched alkanes of at least 4 members (excludes halogenated alkanes) is 3. The maximum absolute atomic E-state index is 12.9. The molecule has 0 amide bonds. The van der Waals surface area contributed by atoms with Gasteiger partial charge in [0.25, 0.3) is 0 Å². The van der Waals surface area contributed by atoms with Crippen LogP contribution in [0.1, 0.15) is 76.5 Å². The summed E-state index contributed by atoms with van der Waals surface area (Å²) >= 11 is 0. The molecule has 1 unspecified atom stereocenters. The van der Waals surface area contributed by atoms with Gasteiger partial charge < -0.3 is 14.5 Å². The summed E-state index contributed by atoms with van der Waals surface area (Å²) in [7, 11) is 0. The number of rotatable bonds is 13. The highest BCUT2D eigenvalue weighted by Gasteiger charge is 2.39. The number of allylic oxidation sites excluding steroid dienone is 2. The van der Waals surface area contributed by atoms with Gasteiger partial charge in [0.2, 0.25) is 0 Å². The molecule has 1 N–H and O–H groups in total. The van der Waals surface area contributed by atoms with Crippen molar-refractivity contribution in [3.63, 3.8) is 0 Å². The lowest BCUT2D eigenvalue weighted by molar-refractivity contribution is -0.162. The summed E-state index contributed by atoms with van der Waals surface area (Å²) in [4.78, 5) is 29.2. The van der Waals surface area contributed by atoms with E-state index in [-0.39, 0.29) is 19.1 Å². The average molecular weight is 428 g/mol. The van der Waals surface area contributed by atoms with Crippen LogP contribution in [-0.2, 0) is 19.1 Å². The second-order valence-corrected chi connectivity index (χ2v) is 7.84. The standard InChI is InChI=1S/C26H37NO4/c1-5-8-9-10-11-12-13-17-21(24(25(28)30-6-2)26(29)31-7-3)23-19(4)27-22-18-15-14-16-20(22)23/h11-12,14-16,18,21,24,27H,5-10,13,17H2,1-4H3/b12-11-. The van der Waals surface area contributed by atoms with Crippen molar-refractivity contribution in [1.29, 1.82) is 0 Å². The molecule has 0 aliphatic carbocycles. The van der Waals surface area contributed by atoms with E-state index >= 15 is 0 Å². The normalized spacial score (nSPS) is 12.5. The van der Waals surface area contributed by atoms with E-state index in [2.05, 4.69) is 24.1 Å². The molecule has 0 fully saturated rings. The van der Waals surface area contributed by atoms with Gasteiger partial charge in [0.15, 0.2) is 5.92 Å². The molecule has 5 nitrogen and oxygen atoms in total. The average Bonchev–Trinajstić information content (AvgIpc) is 3.08. The van der Waals surface area contributed by atoms with E-state index in [1.165, 1.54) is 19.3 Å². The van der Waals surface area contributed by atoms with Gasteiger partial charge in [-0.15, -0.1) is 0 Å². The Kier molecular flexibility index (Phi) is 10.3. The molecular formula is C26H37NO4. The first kappa shape index (κ1) is 24.7. The Morgan fingerprint density at radius 2 is 1.61 bits per heavy atom. The number of hydrogen-bond acceptors (Lipinski definition) is 4. The lowest BCUT2D eigenvalue weighted by Gasteiger charge is -2.25. The van der Waals surface area contributed by atoms with E-state index in [0.717, 1.165) is 35.0 Å². The zero-order valence-corrected chi connectivity index (χ0v) is 19.4. The first-order valence-corrected chi connectivity index (χ1v) is 11.6. The summed E-state index contributed by atoms with van der Waals surface area (Å²) in [5.74, 6) is -2.33. The van der Waals surface area contributed by atoms with Gasteiger partial charge in [-0.1, -0.05) is 50.1 Å². The summed E-state index contributed by atoms with van der Waals surface area (Å²) in [6.45, 7) is 8.16. The number of ether oxygens (including phenoxy) is 2. The summed E-state index contributed by atoms with van der Waals surface area (Å²) in [5.41, 5.74) is 2.97. The Morgan fingerprint density at radius 3 is 2.26 bits per heavy atom. The van der Waals surface area contributed by atoms with Gasteiger partial charge in [0.1, 0.15) is 0 Å². The molecule has 2 rings (SSSR count). The van der Waals surface area contributed by atoms with Gasteiger partial charge >= 0.3 is 11.9 Å². The first-order valence-electron chi connectivity index (χ1n) is 11.6. The molecular weight excluding hydrogens is 390 g/mol. The molecule has 1 heterocycles. The number of carbonyl (C=O) groups excluding carboxylic acids is 2. The Hall–Kier alpha value is -2.56. The van der Waals surface area contributed by atoms with E-state index in [0.29, 0.717) is 6.42 Å². The number of benzene rings is 1. The molecule has 0 saturated heterocycles. The molecule has 0 aliphatic rings. The first-order chi connectivity index (χ1) is 15.0. The minimum Gasteiger partial charge on any atom is -0.465 e. The Bertz CT molecular complexity index is 849. The second kappa shape index (κ2) is 13.0. The molecule has 2 aromatic rings. The van der Waals surface area contributed by atoms with Crippen LogP contribution in [0.2, 0.25) is 0 Å². The van der Waals surface area contributed by atoms with Crippen LogP contribution in [-0.4, -0.2) is 30.1 Å². The van der Waals surface area contributed by atoms with Crippen molar-refractivity contribution in [2.24, 2.45) is 5.92 Å². The van der Waals surface area contributed by atoms with Crippen molar-refractivity contribution in [3.8, 4) is 0 Å². The van der Waals surface area contributed by atoms with Crippen molar-refractivity contribution in [1.82, 2.24) is 4.98 Å². The number of aryl methyl sites for hydroxylation is 1. The number of aromatic amines is 1. The minimum absolute atomic E-state index is 0.228. The zero-order chi connectivity index (χ0) is 22.6. The number of aromatic nitrogens is 1. The Labute approximate surface area is 186 Å². The molecule has 0 spiro atoms. The lowest BCUT2D eigenvalue weighted by Crippen LogP contribution is -2.33. The number of fused-ring (bicyclic) bond motifs is 1. The van der Waals surface area contributed by atoms with Gasteiger partial charge in [0.05, 0.1) is 13.2 Å². The predicted octanol–water partition coefficient (Wildman–Crippen LogP) is 6.22. The van der Waals surface area contributed by atoms with Gasteiger partial charge in [0, 0.05) is 22.5 Å². The summed E-state index contributed by atoms with van der Waals surface area (Å²) in [5, 5.41) is 1.04. The van der Waals surface area contributed by atoms with Gasteiger partial charge in [-0.2, -0.15) is 0 Å². The molecule has 0 radical (unpaired) electrons. The molecule has 31 heavy (non-hydrogen) atoms. The van der Waals surface area contributed by atoms with E-state index in [1.54, 1.807) is 13.8 Å². The van der Waals surface area contributed by atoms with Crippen LogP contribution in [0, 0.1) is 12.8 Å². The second-order valence-electron chi connectivity index (χ2n) is 7.84. The molecule has 0 saturated carbocycles.